The number of rotatable bonds is 2. The van der Waals surface area contributed by atoms with Crippen molar-refractivity contribution in [1.82, 2.24) is 25.9 Å². The number of anilines is 1. The number of aromatic nitrogens is 4. The lowest BCUT2D eigenvalue weighted by molar-refractivity contribution is -0.124. The molecule has 1 saturated heterocycles. The molecule has 84 valence electrons. The Hall–Kier alpha value is -1.21. The molecule has 0 saturated carbocycles. The maximum Gasteiger partial charge on any atom is 0.269 e. The van der Waals surface area contributed by atoms with Crippen LogP contribution in [0, 0.1) is 5.41 Å². The van der Waals surface area contributed by atoms with Gasteiger partial charge >= 0.3 is 0 Å². The van der Waals surface area contributed by atoms with Crippen molar-refractivity contribution in [2.45, 2.75) is 19.9 Å². The Morgan fingerprint density at radius 3 is 2.73 bits per heavy atom. The summed E-state index contributed by atoms with van der Waals surface area (Å²) in [5.74, 6) is 0.0853. The molecule has 7 nitrogen and oxygen atoms in total. The van der Waals surface area contributed by atoms with E-state index in [4.69, 9.17) is 0 Å². The van der Waals surface area contributed by atoms with E-state index in [2.05, 4.69) is 31.3 Å². The summed E-state index contributed by atoms with van der Waals surface area (Å²) in [6, 6.07) is -0.180. The van der Waals surface area contributed by atoms with Gasteiger partial charge in [-0.1, -0.05) is 18.9 Å². The Kier molecular flexibility index (Phi) is 3.25. The monoisotopic (exact) mass is 232 g/mol. The maximum atomic E-state index is 11.6. The first kappa shape index (κ1) is 11.9. The summed E-state index contributed by atoms with van der Waals surface area (Å²) in [6.07, 6.45) is 0. The van der Waals surface area contributed by atoms with Crippen LogP contribution >= 0.6 is 12.4 Å². The van der Waals surface area contributed by atoms with Gasteiger partial charge in [-0.05, 0) is 5.21 Å². The van der Waals surface area contributed by atoms with Gasteiger partial charge in [-0.3, -0.25) is 10.1 Å². The van der Waals surface area contributed by atoms with Gasteiger partial charge in [-0.15, -0.1) is 17.5 Å². The van der Waals surface area contributed by atoms with Gasteiger partial charge in [0.25, 0.3) is 5.95 Å². The first-order valence-electron chi connectivity index (χ1n) is 4.37. The number of nitrogens with one attached hydrogen (secondary N) is 3. The molecule has 1 aromatic rings. The van der Waals surface area contributed by atoms with Gasteiger partial charge in [-0.25, -0.2) is 0 Å². The summed E-state index contributed by atoms with van der Waals surface area (Å²) in [7, 11) is 0. The number of tetrazole rings is 1. The highest BCUT2D eigenvalue weighted by molar-refractivity contribution is 5.94. The van der Waals surface area contributed by atoms with Crippen LogP contribution in [0.25, 0.3) is 0 Å². The van der Waals surface area contributed by atoms with E-state index in [0.717, 1.165) is 6.54 Å². The molecule has 15 heavy (non-hydrogen) atoms. The highest BCUT2D eigenvalue weighted by Gasteiger charge is 2.43. The van der Waals surface area contributed by atoms with Gasteiger partial charge in [0, 0.05) is 12.0 Å². The standard InChI is InChI=1S/C7H12N6O.ClH/c1-7(2)3-8-4(7)5(14)9-6-10-12-13-11-6;/h4,8H,3H2,1-2H3,(H2,9,10,11,12,13,14);1H. The molecule has 8 heteroatoms. The summed E-state index contributed by atoms with van der Waals surface area (Å²) in [5, 5.41) is 18.5. The van der Waals surface area contributed by atoms with Gasteiger partial charge in [0.1, 0.15) is 0 Å². The summed E-state index contributed by atoms with van der Waals surface area (Å²) in [4.78, 5) is 11.6. The highest BCUT2D eigenvalue weighted by Crippen LogP contribution is 2.28. The fourth-order valence-electron chi connectivity index (χ4n) is 1.46. The summed E-state index contributed by atoms with van der Waals surface area (Å²) in [6.45, 7) is 4.91. The molecule has 2 heterocycles. The average Bonchev–Trinajstić information content (AvgIpc) is 2.55. The normalized spacial score (nSPS) is 22.4. The minimum atomic E-state index is -0.180. The van der Waals surface area contributed by atoms with Crippen molar-refractivity contribution in [3.63, 3.8) is 0 Å². The molecule has 0 spiro atoms. The molecule has 3 N–H and O–H groups in total. The maximum absolute atomic E-state index is 11.6. The number of halogens is 1. The van der Waals surface area contributed by atoms with Crippen molar-refractivity contribution in [1.29, 1.82) is 0 Å². The van der Waals surface area contributed by atoms with Crippen LogP contribution in [0.1, 0.15) is 13.8 Å². The Bertz CT molecular complexity index is 337. The molecule has 0 radical (unpaired) electrons. The second-order valence-electron chi connectivity index (χ2n) is 4.03. The van der Waals surface area contributed by atoms with Crippen molar-refractivity contribution < 1.29 is 4.79 Å². The molecule has 0 aromatic carbocycles. The van der Waals surface area contributed by atoms with Gasteiger partial charge in [0.05, 0.1) is 6.04 Å². The van der Waals surface area contributed by atoms with Crippen molar-refractivity contribution >= 4 is 24.3 Å². The molecule has 0 bridgehead atoms. The Morgan fingerprint density at radius 1 is 1.60 bits per heavy atom. The first-order chi connectivity index (χ1) is 6.59. The molecule has 1 fully saturated rings. The lowest BCUT2D eigenvalue weighted by atomic mass is 9.77. The van der Waals surface area contributed by atoms with Crippen molar-refractivity contribution in [2.24, 2.45) is 5.41 Å². The van der Waals surface area contributed by atoms with Gasteiger partial charge in [0.2, 0.25) is 5.91 Å². The van der Waals surface area contributed by atoms with Crippen LogP contribution in [-0.2, 0) is 4.79 Å². The van der Waals surface area contributed by atoms with Crippen LogP contribution in [0.4, 0.5) is 5.95 Å². The van der Waals surface area contributed by atoms with E-state index in [9.17, 15) is 4.79 Å². The van der Waals surface area contributed by atoms with Crippen molar-refractivity contribution in [2.75, 3.05) is 11.9 Å². The third kappa shape index (κ3) is 2.24. The molecular formula is C7H13ClN6O. The Balaban J connectivity index is 0.00000112. The largest absolute Gasteiger partial charge is 0.305 e. The number of hydrogen-bond acceptors (Lipinski definition) is 5. The number of carbonyl (C=O) groups is 1. The van der Waals surface area contributed by atoms with Gasteiger partial charge in [0.15, 0.2) is 0 Å². The summed E-state index contributed by atoms with van der Waals surface area (Å²) in [5.41, 5.74) is -0.00613. The van der Waals surface area contributed by atoms with Crippen LogP contribution in [0.3, 0.4) is 0 Å². The number of aromatic amines is 1. The lowest BCUT2D eigenvalue weighted by Gasteiger charge is -2.43. The van der Waals surface area contributed by atoms with E-state index in [1.807, 2.05) is 13.8 Å². The summed E-state index contributed by atoms with van der Waals surface area (Å²) >= 11 is 0. The lowest BCUT2D eigenvalue weighted by Crippen LogP contribution is -2.64. The van der Waals surface area contributed by atoms with E-state index in [0.29, 0.717) is 0 Å². The van der Waals surface area contributed by atoms with Crippen LogP contribution in [0.15, 0.2) is 0 Å². The third-order valence-corrected chi connectivity index (χ3v) is 2.39. The Labute approximate surface area is 92.8 Å². The molecular weight excluding hydrogens is 220 g/mol. The average molecular weight is 233 g/mol. The molecule has 1 amide bonds. The molecule has 1 aromatic heterocycles. The number of hydrogen-bond donors (Lipinski definition) is 3. The summed E-state index contributed by atoms with van der Waals surface area (Å²) < 4.78 is 0. The number of H-pyrrole nitrogens is 1. The van der Waals surface area contributed by atoms with Crippen LogP contribution in [-0.4, -0.2) is 39.1 Å². The van der Waals surface area contributed by atoms with Crippen LogP contribution < -0.4 is 10.6 Å². The highest BCUT2D eigenvalue weighted by atomic mass is 35.5. The van der Waals surface area contributed by atoms with E-state index in [1.165, 1.54) is 0 Å². The topological polar surface area (TPSA) is 95.6 Å². The Morgan fingerprint density at radius 2 is 2.33 bits per heavy atom. The molecule has 1 aliphatic rings. The minimum absolute atomic E-state index is 0. The van der Waals surface area contributed by atoms with Gasteiger partial charge in [-0.2, -0.15) is 5.21 Å². The number of amides is 1. The predicted molar refractivity (Wildman–Crippen MR) is 55.6 cm³/mol. The minimum Gasteiger partial charge on any atom is -0.305 e. The van der Waals surface area contributed by atoms with E-state index >= 15 is 0 Å². The SMILES string of the molecule is CC1(C)CNC1C(=O)Nc1nn[nH]n1.Cl. The molecule has 0 aliphatic carbocycles. The number of carbonyl (C=O) groups excluding carboxylic acids is 1. The third-order valence-electron chi connectivity index (χ3n) is 2.39. The second kappa shape index (κ2) is 4.11. The predicted octanol–water partition coefficient (Wildman–Crippen LogP) is -0.442. The van der Waals surface area contributed by atoms with Crippen LogP contribution in [0.2, 0.25) is 0 Å². The van der Waals surface area contributed by atoms with Gasteiger partial charge < -0.3 is 5.32 Å². The van der Waals surface area contributed by atoms with E-state index < -0.39 is 0 Å². The fourth-order valence-corrected chi connectivity index (χ4v) is 1.46. The zero-order valence-corrected chi connectivity index (χ0v) is 9.26. The van der Waals surface area contributed by atoms with E-state index in [-0.39, 0.29) is 35.7 Å². The smallest absolute Gasteiger partial charge is 0.269 e. The van der Waals surface area contributed by atoms with E-state index in [1.54, 1.807) is 0 Å². The quantitative estimate of drug-likeness (QED) is 0.643. The second-order valence-corrected chi connectivity index (χ2v) is 4.03. The number of nitrogens with zero attached hydrogens (tertiary/aromatic N) is 3. The zero-order valence-electron chi connectivity index (χ0n) is 8.44. The molecule has 1 unspecified atom stereocenters. The molecule has 1 aliphatic heterocycles. The first-order valence-corrected chi connectivity index (χ1v) is 4.37. The molecule has 2 rings (SSSR count). The van der Waals surface area contributed by atoms with Crippen LogP contribution in [0.5, 0.6) is 0 Å². The fraction of sp³-hybridized carbons (Fsp3) is 0.714. The van der Waals surface area contributed by atoms with Crippen molar-refractivity contribution in [3.8, 4) is 0 Å². The van der Waals surface area contributed by atoms with Crippen molar-refractivity contribution in [3.05, 3.63) is 0 Å². The zero-order chi connectivity index (χ0) is 10.2. The molecule has 1 atom stereocenters.